The molecule has 0 N–H and O–H groups in total. The van der Waals surface area contributed by atoms with Crippen molar-refractivity contribution < 1.29 is 33.3 Å². The lowest BCUT2D eigenvalue weighted by Crippen LogP contribution is -2.41. The fourth-order valence-electron chi connectivity index (χ4n) is 2.85. The SMILES string of the molecule is CC(=O)OC[C@H]1O[C@@H](n2ccc(=O)nc2N(C)C)[C@H](OC(C)=O)[C@@H]1OC(C)=O. The molecule has 0 aromatic carbocycles. The zero-order valence-corrected chi connectivity index (χ0v) is 16.3. The Morgan fingerprint density at radius 2 is 1.71 bits per heavy atom. The van der Waals surface area contributed by atoms with Gasteiger partial charge in [0.25, 0.3) is 5.56 Å². The Morgan fingerprint density at radius 3 is 2.25 bits per heavy atom. The summed E-state index contributed by atoms with van der Waals surface area (Å²) in [5.74, 6) is -1.55. The van der Waals surface area contributed by atoms with Crippen molar-refractivity contribution in [1.29, 1.82) is 0 Å². The van der Waals surface area contributed by atoms with Crippen LogP contribution in [-0.4, -0.2) is 66.5 Å². The second-order valence-corrected chi connectivity index (χ2v) is 6.38. The maximum Gasteiger partial charge on any atom is 0.303 e. The van der Waals surface area contributed by atoms with Gasteiger partial charge in [-0.2, -0.15) is 4.98 Å². The molecule has 1 aromatic rings. The fourth-order valence-corrected chi connectivity index (χ4v) is 2.85. The summed E-state index contributed by atoms with van der Waals surface area (Å²) in [6.07, 6.45) is -2.51. The van der Waals surface area contributed by atoms with Crippen LogP contribution >= 0.6 is 0 Å². The van der Waals surface area contributed by atoms with E-state index in [0.29, 0.717) is 0 Å². The maximum absolute atomic E-state index is 11.7. The first-order valence-electron chi connectivity index (χ1n) is 8.50. The summed E-state index contributed by atoms with van der Waals surface area (Å²) in [6, 6.07) is 1.22. The van der Waals surface area contributed by atoms with Gasteiger partial charge in [-0.25, -0.2) is 0 Å². The standard InChI is InChI=1S/C17H23N3O8/c1-9(21)25-8-12-14(26-10(2)22)15(27-11(3)23)16(28-12)20-7-6-13(24)18-17(20)19(4)5/h6-7,12,14-16H,8H2,1-5H3/t12-,14-,15-,16-/m1/s1. The molecule has 4 atom stereocenters. The number of hydrogen-bond donors (Lipinski definition) is 0. The summed E-state index contributed by atoms with van der Waals surface area (Å²) >= 11 is 0. The molecule has 0 saturated carbocycles. The van der Waals surface area contributed by atoms with Crippen molar-refractivity contribution in [3.05, 3.63) is 22.6 Å². The Labute approximate surface area is 161 Å². The van der Waals surface area contributed by atoms with Crippen LogP contribution < -0.4 is 10.5 Å². The summed E-state index contributed by atoms with van der Waals surface area (Å²) < 4.78 is 23.1. The molecule has 1 aliphatic heterocycles. The number of esters is 3. The predicted octanol–water partition coefficient (Wildman–Crippen LogP) is -0.367. The number of carbonyl (C=O) groups excluding carboxylic acids is 3. The number of rotatable bonds is 6. The quantitative estimate of drug-likeness (QED) is 0.463. The van der Waals surface area contributed by atoms with Gasteiger partial charge in [0.2, 0.25) is 5.95 Å². The van der Waals surface area contributed by atoms with E-state index in [4.69, 9.17) is 18.9 Å². The molecule has 0 aliphatic carbocycles. The first-order chi connectivity index (χ1) is 13.1. The smallest absolute Gasteiger partial charge is 0.303 e. The second-order valence-electron chi connectivity index (χ2n) is 6.38. The van der Waals surface area contributed by atoms with Gasteiger partial charge in [0.05, 0.1) is 0 Å². The molecular formula is C17H23N3O8. The van der Waals surface area contributed by atoms with Crippen molar-refractivity contribution in [2.75, 3.05) is 25.6 Å². The van der Waals surface area contributed by atoms with E-state index in [2.05, 4.69) is 4.98 Å². The number of anilines is 1. The Morgan fingerprint density at radius 1 is 1.11 bits per heavy atom. The summed E-state index contributed by atoms with van der Waals surface area (Å²) in [5.41, 5.74) is -0.463. The summed E-state index contributed by atoms with van der Waals surface area (Å²) in [6.45, 7) is 3.42. The van der Waals surface area contributed by atoms with Crippen molar-refractivity contribution in [3.8, 4) is 0 Å². The van der Waals surface area contributed by atoms with Gasteiger partial charge in [-0.15, -0.1) is 0 Å². The monoisotopic (exact) mass is 397 g/mol. The fraction of sp³-hybridized carbons (Fsp3) is 0.588. The molecule has 1 fully saturated rings. The van der Waals surface area contributed by atoms with E-state index in [1.54, 1.807) is 19.0 Å². The van der Waals surface area contributed by atoms with Crippen molar-refractivity contribution in [2.24, 2.45) is 0 Å². The Bertz CT molecular complexity index is 806. The lowest BCUT2D eigenvalue weighted by Gasteiger charge is -2.27. The molecule has 0 radical (unpaired) electrons. The zero-order valence-electron chi connectivity index (χ0n) is 16.3. The van der Waals surface area contributed by atoms with E-state index < -0.39 is 48.0 Å². The van der Waals surface area contributed by atoms with Gasteiger partial charge >= 0.3 is 17.9 Å². The molecule has 0 spiro atoms. The van der Waals surface area contributed by atoms with Crippen molar-refractivity contribution in [1.82, 2.24) is 9.55 Å². The van der Waals surface area contributed by atoms with Crippen LogP contribution in [0.15, 0.2) is 17.1 Å². The van der Waals surface area contributed by atoms with Crippen LogP contribution in [0.25, 0.3) is 0 Å². The Balaban J connectivity index is 2.48. The maximum atomic E-state index is 11.7. The second kappa shape index (κ2) is 8.83. The van der Waals surface area contributed by atoms with Gasteiger partial charge in [-0.1, -0.05) is 0 Å². The average molecular weight is 397 g/mol. The van der Waals surface area contributed by atoms with Gasteiger partial charge < -0.3 is 23.8 Å². The summed E-state index contributed by atoms with van der Waals surface area (Å²) in [7, 11) is 3.35. The summed E-state index contributed by atoms with van der Waals surface area (Å²) in [5, 5.41) is 0. The van der Waals surface area contributed by atoms with E-state index in [9.17, 15) is 19.2 Å². The number of aromatic nitrogens is 2. The van der Waals surface area contributed by atoms with Crippen molar-refractivity contribution in [2.45, 2.75) is 45.3 Å². The van der Waals surface area contributed by atoms with Gasteiger partial charge in [0.1, 0.15) is 12.7 Å². The highest BCUT2D eigenvalue weighted by atomic mass is 16.7. The Hall–Kier alpha value is -2.95. The van der Waals surface area contributed by atoms with Crippen molar-refractivity contribution >= 4 is 23.9 Å². The van der Waals surface area contributed by atoms with Crippen LogP contribution in [0.5, 0.6) is 0 Å². The summed E-state index contributed by atoms with van der Waals surface area (Å²) in [4.78, 5) is 51.6. The molecule has 28 heavy (non-hydrogen) atoms. The van der Waals surface area contributed by atoms with E-state index in [-0.39, 0.29) is 12.6 Å². The molecule has 154 valence electrons. The number of ether oxygens (including phenoxy) is 4. The zero-order chi connectivity index (χ0) is 21.0. The largest absolute Gasteiger partial charge is 0.463 e. The normalized spacial score (nSPS) is 23.8. The van der Waals surface area contributed by atoms with Gasteiger partial charge in [-0.3, -0.25) is 23.7 Å². The lowest BCUT2D eigenvalue weighted by molar-refractivity contribution is -0.166. The minimum absolute atomic E-state index is 0.216. The van der Waals surface area contributed by atoms with Crippen LogP contribution in [0.3, 0.4) is 0 Å². The Kier molecular flexibility index (Phi) is 6.73. The van der Waals surface area contributed by atoms with Crippen LogP contribution in [0.4, 0.5) is 5.95 Å². The molecule has 0 unspecified atom stereocenters. The van der Waals surface area contributed by atoms with Crippen LogP contribution in [0, 0.1) is 0 Å². The van der Waals surface area contributed by atoms with E-state index in [0.717, 1.165) is 0 Å². The van der Waals surface area contributed by atoms with Crippen LogP contribution in [0.2, 0.25) is 0 Å². The molecule has 1 aromatic heterocycles. The molecule has 1 aliphatic rings. The third-order valence-electron chi connectivity index (χ3n) is 3.83. The van der Waals surface area contributed by atoms with Crippen LogP contribution in [0.1, 0.15) is 27.0 Å². The molecule has 0 amide bonds. The first kappa shape index (κ1) is 21.4. The molecular weight excluding hydrogens is 374 g/mol. The molecule has 11 heteroatoms. The number of nitrogens with zero attached hydrogens (tertiary/aromatic N) is 3. The number of hydrogen-bond acceptors (Lipinski definition) is 10. The average Bonchev–Trinajstić information content (AvgIpc) is 2.89. The lowest BCUT2D eigenvalue weighted by atomic mass is 10.1. The van der Waals surface area contributed by atoms with Gasteiger partial charge in [0.15, 0.2) is 18.4 Å². The molecule has 11 nitrogen and oxygen atoms in total. The van der Waals surface area contributed by atoms with Gasteiger partial charge in [0, 0.05) is 47.1 Å². The molecule has 2 rings (SSSR count). The highest BCUT2D eigenvalue weighted by Crippen LogP contribution is 2.35. The topological polar surface area (TPSA) is 126 Å². The van der Waals surface area contributed by atoms with Crippen LogP contribution in [-0.2, 0) is 33.3 Å². The van der Waals surface area contributed by atoms with Gasteiger partial charge in [-0.05, 0) is 0 Å². The minimum atomic E-state index is -1.05. The highest BCUT2D eigenvalue weighted by molar-refractivity contribution is 5.68. The molecule has 0 bridgehead atoms. The molecule has 2 heterocycles. The van der Waals surface area contributed by atoms with E-state index in [1.807, 2.05) is 0 Å². The minimum Gasteiger partial charge on any atom is -0.463 e. The predicted molar refractivity (Wildman–Crippen MR) is 94.5 cm³/mol. The van der Waals surface area contributed by atoms with E-state index in [1.165, 1.54) is 37.6 Å². The highest BCUT2D eigenvalue weighted by Gasteiger charge is 2.51. The first-order valence-corrected chi connectivity index (χ1v) is 8.50. The third-order valence-corrected chi connectivity index (χ3v) is 3.83. The van der Waals surface area contributed by atoms with Crippen molar-refractivity contribution in [3.63, 3.8) is 0 Å². The number of carbonyl (C=O) groups is 3. The van der Waals surface area contributed by atoms with E-state index >= 15 is 0 Å². The third kappa shape index (κ3) is 5.06. The molecule has 1 saturated heterocycles.